The van der Waals surface area contributed by atoms with Crippen molar-refractivity contribution < 1.29 is 9.18 Å². The van der Waals surface area contributed by atoms with Crippen molar-refractivity contribution in [3.63, 3.8) is 0 Å². The van der Waals surface area contributed by atoms with Crippen LogP contribution in [0.4, 0.5) is 4.39 Å². The Morgan fingerprint density at radius 1 is 0.966 bits per heavy atom. The summed E-state index contributed by atoms with van der Waals surface area (Å²) in [5.41, 5.74) is 2.60. The lowest BCUT2D eigenvalue weighted by atomic mass is 9.70. The minimum absolute atomic E-state index is 0.0137. The maximum Gasteiger partial charge on any atom is 0.223 e. The summed E-state index contributed by atoms with van der Waals surface area (Å²) in [6.45, 7) is 0.705. The highest BCUT2D eigenvalue weighted by molar-refractivity contribution is 9.09. The molecule has 29 heavy (non-hydrogen) atoms. The van der Waals surface area contributed by atoms with E-state index in [4.69, 9.17) is 23.2 Å². The van der Waals surface area contributed by atoms with Gasteiger partial charge in [0.1, 0.15) is 5.82 Å². The Balaban J connectivity index is 1.73. The van der Waals surface area contributed by atoms with Gasteiger partial charge < -0.3 is 5.32 Å². The highest BCUT2D eigenvalue weighted by Gasteiger charge is 2.41. The number of halogens is 4. The van der Waals surface area contributed by atoms with Crippen LogP contribution in [0.15, 0.2) is 36.4 Å². The number of hydrogen-bond donors (Lipinski definition) is 1. The van der Waals surface area contributed by atoms with Crippen molar-refractivity contribution in [1.82, 2.24) is 5.32 Å². The Morgan fingerprint density at radius 2 is 1.59 bits per heavy atom. The van der Waals surface area contributed by atoms with Crippen molar-refractivity contribution in [3.8, 4) is 11.1 Å². The summed E-state index contributed by atoms with van der Waals surface area (Å²) in [5.74, 6) is 0.116. The highest BCUT2D eigenvalue weighted by Crippen LogP contribution is 2.49. The van der Waals surface area contributed by atoms with Crippen LogP contribution in [0.3, 0.4) is 0 Å². The Labute approximate surface area is 189 Å². The summed E-state index contributed by atoms with van der Waals surface area (Å²) in [6, 6.07) is 10.1. The number of nitrogens with one attached hydrogen (secondary N) is 1. The molecular weight excluding hydrogens is 476 g/mol. The second-order valence-corrected chi connectivity index (χ2v) is 10.2. The van der Waals surface area contributed by atoms with E-state index in [-0.39, 0.29) is 23.6 Å². The van der Waals surface area contributed by atoms with Gasteiger partial charge in [-0.15, -0.1) is 0 Å². The molecule has 1 saturated heterocycles. The van der Waals surface area contributed by atoms with E-state index in [1.165, 1.54) is 12.1 Å². The van der Waals surface area contributed by atoms with E-state index in [0.29, 0.717) is 27.3 Å². The fourth-order valence-electron chi connectivity index (χ4n) is 4.87. The molecule has 1 amide bonds. The third-order valence-corrected chi connectivity index (χ3v) is 7.87. The van der Waals surface area contributed by atoms with Gasteiger partial charge in [0.25, 0.3) is 0 Å². The maximum atomic E-state index is 13.3. The normalized spacial score (nSPS) is 25.7. The summed E-state index contributed by atoms with van der Waals surface area (Å²) >= 11 is 17.3. The van der Waals surface area contributed by atoms with Crippen molar-refractivity contribution in [3.05, 3.63) is 57.8 Å². The van der Waals surface area contributed by atoms with Crippen molar-refractivity contribution in [1.29, 1.82) is 0 Å². The summed E-state index contributed by atoms with van der Waals surface area (Å²) in [4.78, 5) is 13.1. The molecule has 2 nitrogen and oxygen atoms in total. The van der Waals surface area contributed by atoms with Gasteiger partial charge in [0.05, 0.1) is 0 Å². The smallest absolute Gasteiger partial charge is 0.223 e. The average Bonchev–Trinajstić information content (AvgIpc) is 3.11. The number of carbonyl (C=O) groups is 1. The molecule has 0 bridgehead atoms. The molecule has 0 radical (unpaired) electrons. The monoisotopic (exact) mass is 497 g/mol. The fraction of sp³-hybridized carbons (Fsp3) is 0.435. The lowest BCUT2D eigenvalue weighted by Crippen LogP contribution is -2.31. The molecule has 1 aliphatic heterocycles. The standard InChI is InChI=1S/C23H23BrCl2FNO/c24-16-5-1-14(2-6-16)21(18-9-10-28-23(18)29)22-19(25)11-15(12-20(22)26)13-3-7-17(27)8-4-13/h3-4,7-8,11-12,14,16,18,21H,1-2,5-6,9-10H2,(H,28,29). The number of hydrogen-bond acceptors (Lipinski definition) is 1. The Morgan fingerprint density at radius 3 is 2.14 bits per heavy atom. The zero-order valence-electron chi connectivity index (χ0n) is 15.9. The Kier molecular flexibility index (Phi) is 6.53. The quantitative estimate of drug-likeness (QED) is 0.453. The van der Waals surface area contributed by atoms with E-state index < -0.39 is 0 Å². The van der Waals surface area contributed by atoms with Crippen LogP contribution in [-0.2, 0) is 4.79 Å². The molecule has 2 aromatic carbocycles. The highest BCUT2D eigenvalue weighted by atomic mass is 79.9. The first-order valence-electron chi connectivity index (χ1n) is 10.1. The molecular formula is C23H23BrCl2FNO. The van der Waals surface area contributed by atoms with Gasteiger partial charge in [-0.2, -0.15) is 0 Å². The van der Waals surface area contributed by atoms with Crippen LogP contribution in [0.2, 0.25) is 10.0 Å². The third kappa shape index (κ3) is 4.50. The molecule has 2 fully saturated rings. The van der Waals surface area contributed by atoms with Crippen molar-refractivity contribution in [2.75, 3.05) is 6.54 Å². The van der Waals surface area contributed by atoms with Crippen molar-refractivity contribution >= 4 is 45.0 Å². The predicted octanol–water partition coefficient (Wildman–Crippen LogP) is 6.97. The van der Waals surface area contributed by atoms with Crippen LogP contribution in [-0.4, -0.2) is 17.3 Å². The van der Waals surface area contributed by atoms with Crippen LogP contribution in [0.5, 0.6) is 0 Å². The summed E-state index contributed by atoms with van der Waals surface area (Å²) < 4.78 is 13.3. The molecule has 6 heteroatoms. The largest absolute Gasteiger partial charge is 0.356 e. The van der Waals surface area contributed by atoms with Crippen LogP contribution in [0.25, 0.3) is 11.1 Å². The van der Waals surface area contributed by atoms with E-state index >= 15 is 0 Å². The first kappa shape index (κ1) is 21.1. The molecule has 1 aliphatic carbocycles. The second kappa shape index (κ2) is 8.95. The maximum absolute atomic E-state index is 13.3. The van der Waals surface area contributed by atoms with Gasteiger partial charge in [-0.05, 0) is 79.0 Å². The van der Waals surface area contributed by atoms with Gasteiger partial charge in [0, 0.05) is 33.3 Å². The number of alkyl halides is 1. The van der Waals surface area contributed by atoms with Crippen LogP contribution in [0.1, 0.15) is 43.6 Å². The number of amides is 1. The topological polar surface area (TPSA) is 29.1 Å². The molecule has 2 aliphatic rings. The predicted molar refractivity (Wildman–Crippen MR) is 120 cm³/mol. The zero-order chi connectivity index (χ0) is 20.5. The van der Waals surface area contributed by atoms with Gasteiger partial charge in [-0.25, -0.2) is 4.39 Å². The van der Waals surface area contributed by atoms with E-state index in [2.05, 4.69) is 21.2 Å². The summed E-state index contributed by atoms with van der Waals surface area (Å²) in [7, 11) is 0. The molecule has 2 atom stereocenters. The van der Waals surface area contributed by atoms with Crippen LogP contribution >= 0.6 is 39.1 Å². The molecule has 1 N–H and O–H groups in total. The summed E-state index contributed by atoms with van der Waals surface area (Å²) in [6.07, 6.45) is 5.11. The molecule has 154 valence electrons. The van der Waals surface area contributed by atoms with Crippen LogP contribution in [0, 0.1) is 17.7 Å². The molecule has 2 unspecified atom stereocenters. The zero-order valence-corrected chi connectivity index (χ0v) is 19.0. The van der Waals surface area contributed by atoms with Crippen LogP contribution < -0.4 is 5.32 Å². The minimum atomic E-state index is -0.280. The van der Waals surface area contributed by atoms with Gasteiger partial charge >= 0.3 is 0 Å². The first-order valence-corrected chi connectivity index (χ1v) is 11.8. The number of benzene rings is 2. The molecule has 1 saturated carbocycles. The average molecular weight is 499 g/mol. The molecule has 4 rings (SSSR count). The van der Waals surface area contributed by atoms with Crippen molar-refractivity contribution in [2.45, 2.75) is 42.8 Å². The van der Waals surface area contributed by atoms with E-state index in [1.54, 1.807) is 12.1 Å². The SMILES string of the molecule is O=C1NCCC1C(c1c(Cl)cc(-c2ccc(F)cc2)cc1Cl)C1CCC(Br)CC1. The number of rotatable bonds is 4. The van der Waals surface area contributed by atoms with Gasteiger partial charge in [0.2, 0.25) is 5.91 Å². The van der Waals surface area contributed by atoms with Crippen molar-refractivity contribution in [2.24, 2.45) is 11.8 Å². The first-order chi connectivity index (χ1) is 13.9. The van der Waals surface area contributed by atoms with E-state index in [0.717, 1.165) is 48.8 Å². The Hall–Kier alpha value is -1.10. The van der Waals surface area contributed by atoms with Gasteiger partial charge in [0.15, 0.2) is 0 Å². The third-order valence-electron chi connectivity index (χ3n) is 6.32. The molecule has 1 heterocycles. The second-order valence-electron chi connectivity index (χ2n) is 8.08. The number of carbonyl (C=O) groups excluding carboxylic acids is 1. The summed E-state index contributed by atoms with van der Waals surface area (Å²) in [5, 5.41) is 4.15. The molecule has 2 aromatic rings. The molecule has 0 aromatic heterocycles. The lowest BCUT2D eigenvalue weighted by molar-refractivity contribution is -0.123. The minimum Gasteiger partial charge on any atom is -0.356 e. The van der Waals surface area contributed by atoms with Gasteiger partial charge in [-0.3, -0.25) is 4.79 Å². The Bertz CT molecular complexity index is 873. The molecule has 0 spiro atoms. The van der Waals surface area contributed by atoms with E-state index in [9.17, 15) is 9.18 Å². The lowest BCUT2D eigenvalue weighted by Gasteiger charge is -2.36. The van der Waals surface area contributed by atoms with E-state index in [1.807, 2.05) is 12.1 Å². The van der Waals surface area contributed by atoms with Gasteiger partial charge in [-0.1, -0.05) is 51.3 Å². The fourth-order valence-corrected chi connectivity index (χ4v) is 6.14.